The van der Waals surface area contributed by atoms with Gasteiger partial charge in [0.1, 0.15) is 0 Å². The summed E-state index contributed by atoms with van der Waals surface area (Å²) in [5.41, 5.74) is 9.86. The van der Waals surface area contributed by atoms with Gasteiger partial charge in [0.2, 0.25) is 0 Å². The highest BCUT2D eigenvalue weighted by Crippen LogP contribution is 2.36. The summed E-state index contributed by atoms with van der Waals surface area (Å²) in [5, 5.41) is 4.57. The molecule has 2 unspecified atom stereocenters. The van der Waals surface area contributed by atoms with Crippen LogP contribution in [0.15, 0.2) is 0 Å². The zero-order chi connectivity index (χ0) is 13.3. The Bertz CT molecular complexity index is 410. The lowest BCUT2D eigenvalue weighted by atomic mass is 9.88. The van der Waals surface area contributed by atoms with Gasteiger partial charge in [-0.25, -0.2) is 0 Å². The Morgan fingerprint density at radius 1 is 1.28 bits per heavy atom. The zero-order valence-corrected chi connectivity index (χ0v) is 12.1. The van der Waals surface area contributed by atoms with E-state index < -0.39 is 0 Å². The van der Waals surface area contributed by atoms with Crippen LogP contribution < -0.4 is 5.73 Å². The first-order valence-corrected chi connectivity index (χ1v) is 6.96. The average Bonchev–Trinajstić information content (AvgIpc) is 2.52. The van der Waals surface area contributed by atoms with Crippen LogP contribution in [-0.2, 0) is 7.05 Å². The maximum absolute atomic E-state index is 6.02. The summed E-state index contributed by atoms with van der Waals surface area (Å²) < 4.78 is 2.00. The van der Waals surface area contributed by atoms with Gasteiger partial charge in [0.15, 0.2) is 0 Å². The molecule has 2 N–H and O–H groups in total. The molecule has 1 aliphatic heterocycles. The van der Waals surface area contributed by atoms with Gasteiger partial charge in [-0.2, -0.15) is 5.10 Å². The molecule has 4 heteroatoms. The summed E-state index contributed by atoms with van der Waals surface area (Å²) in [7, 11) is 4.25. The number of hydrogen-bond donors (Lipinski definition) is 1. The van der Waals surface area contributed by atoms with Crippen LogP contribution in [0.1, 0.15) is 42.3 Å². The molecule has 2 atom stereocenters. The van der Waals surface area contributed by atoms with Crippen LogP contribution in [0.25, 0.3) is 0 Å². The maximum atomic E-state index is 6.02. The topological polar surface area (TPSA) is 47.1 Å². The van der Waals surface area contributed by atoms with Crippen LogP contribution in [0.5, 0.6) is 0 Å². The summed E-state index contributed by atoms with van der Waals surface area (Å²) in [6.45, 7) is 6.22. The van der Waals surface area contributed by atoms with E-state index in [9.17, 15) is 0 Å². The quantitative estimate of drug-likeness (QED) is 0.870. The molecule has 2 rings (SSSR count). The van der Waals surface area contributed by atoms with Crippen LogP contribution in [0.2, 0.25) is 0 Å². The van der Waals surface area contributed by atoms with Crippen molar-refractivity contribution >= 4 is 0 Å². The van der Waals surface area contributed by atoms with E-state index in [4.69, 9.17) is 5.73 Å². The molecule has 0 saturated carbocycles. The Kier molecular flexibility index (Phi) is 4.07. The van der Waals surface area contributed by atoms with Crippen molar-refractivity contribution in [1.82, 2.24) is 14.7 Å². The minimum atomic E-state index is 0.436. The first-order chi connectivity index (χ1) is 8.56. The fraction of sp³-hybridized carbons (Fsp3) is 0.786. The van der Waals surface area contributed by atoms with Crippen molar-refractivity contribution < 1.29 is 0 Å². The van der Waals surface area contributed by atoms with E-state index in [0.29, 0.717) is 12.0 Å². The highest BCUT2D eigenvalue weighted by atomic mass is 15.3. The van der Waals surface area contributed by atoms with Gasteiger partial charge < -0.3 is 5.73 Å². The monoisotopic (exact) mass is 250 g/mol. The molecule has 4 nitrogen and oxygen atoms in total. The summed E-state index contributed by atoms with van der Waals surface area (Å²) in [5.74, 6) is 0.555. The summed E-state index contributed by atoms with van der Waals surface area (Å²) >= 11 is 0. The van der Waals surface area contributed by atoms with Crippen molar-refractivity contribution in [3.63, 3.8) is 0 Å². The molecular formula is C14H26N4. The Morgan fingerprint density at radius 2 is 2.00 bits per heavy atom. The van der Waals surface area contributed by atoms with Crippen molar-refractivity contribution in [3.8, 4) is 0 Å². The Labute approximate surface area is 110 Å². The first-order valence-electron chi connectivity index (χ1n) is 6.96. The number of aryl methyl sites for hydroxylation is 2. The second-order valence-corrected chi connectivity index (χ2v) is 5.63. The Morgan fingerprint density at radius 3 is 2.56 bits per heavy atom. The van der Waals surface area contributed by atoms with Crippen LogP contribution in [0.3, 0.4) is 0 Å². The molecule has 0 aromatic carbocycles. The molecule has 0 bridgehead atoms. The van der Waals surface area contributed by atoms with Crippen molar-refractivity contribution in [2.45, 2.75) is 39.2 Å². The molecule has 1 saturated heterocycles. The number of nitrogens with two attached hydrogens (primary N) is 1. The molecule has 0 spiro atoms. The third kappa shape index (κ3) is 2.31. The number of aromatic nitrogens is 2. The molecule has 0 aliphatic carbocycles. The molecule has 1 aromatic rings. The molecule has 102 valence electrons. The number of rotatable bonds is 2. The molecule has 1 aromatic heterocycles. The number of nitrogens with zero attached hydrogens (tertiary/aromatic N) is 3. The fourth-order valence-corrected chi connectivity index (χ4v) is 3.35. The predicted molar refractivity (Wildman–Crippen MR) is 74.4 cm³/mol. The molecule has 0 amide bonds. The lowest BCUT2D eigenvalue weighted by Crippen LogP contribution is -2.33. The van der Waals surface area contributed by atoms with Crippen molar-refractivity contribution in [1.29, 1.82) is 0 Å². The van der Waals surface area contributed by atoms with E-state index in [1.165, 1.54) is 30.5 Å². The van der Waals surface area contributed by atoms with Crippen LogP contribution in [0.4, 0.5) is 0 Å². The van der Waals surface area contributed by atoms with Gasteiger partial charge in [0, 0.05) is 24.3 Å². The second kappa shape index (κ2) is 5.41. The van der Waals surface area contributed by atoms with Crippen LogP contribution in [-0.4, -0.2) is 34.8 Å². The van der Waals surface area contributed by atoms with Crippen LogP contribution in [0, 0.1) is 19.8 Å². The molecule has 18 heavy (non-hydrogen) atoms. The highest BCUT2D eigenvalue weighted by Gasteiger charge is 2.31. The lowest BCUT2D eigenvalue weighted by molar-refractivity contribution is 0.194. The molecule has 1 aliphatic rings. The predicted octanol–water partition coefficient (Wildman–Crippen LogP) is 1.77. The largest absolute Gasteiger partial charge is 0.330 e. The first kappa shape index (κ1) is 13.6. The lowest BCUT2D eigenvalue weighted by Gasteiger charge is -2.32. The third-order valence-corrected chi connectivity index (χ3v) is 4.42. The Balaban J connectivity index is 2.42. The fourth-order valence-electron chi connectivity index (χ4n) is 3.35. The standard InChI is InChI=1S/C14H26N4/c1-10-13(11(2)18(4)16-10)14-12(9-15)7-5-6-8-17(14)3/h12,14H,5-9,15H2,1-4H3. The van der Waals surface area contributed by atoms with Gasteiger partial charge in [-0.15, -0.1) is 0 Å². The van der Waals surface area contributed by atoms with E-state index in [2.05, 4.69) is 30.9 Å². The van der Waals surface area contributed by atoms with Gasteiger partial charge in [0.25, 0.3) is 0 Å². The molecular weight excluding hydrogens is 224 g/mol. The van der Waals surface area contributed by atoms with Crippen molar-refractivity contribution in [2.75, 3.05) is 20.1 Å². The van der Waals surface area contributed by atoms with Gasteiger partial charge in [-0.1, -0.05) is 6.42 Å². The van der Waals surface area contributed by atoms with E-state index in [1.54, 1.807) is 0 Å². The van der Waals surface area contributed by atoms with Gasteiger partial charge >= 0.3 is 0 Å². The smallest absolute Gasteiger partial charge is 0.0644 e. The normalized spacial score (nSPS) is 26.3. The second-order valence-electron chi connectivity index (χ2n) is 5.63. The molecule has 2 heterocycles. The average molecular weight is 250 g/mol. The highest BCUT2D eigenvalue weighted by molar-refractivity contribution is 5.29. The minimum Gasteiger partial charge on any atom is -0.330 e. The van der Waals surface area contributed by atoms with Crippen molar-refractivity contribution in [2.24, 2.45) is 18.7 Å². The number of likely N-dealkylation sites (tertiary alicyclic amines) is 1. The number of hydrogen-bond acceptors (Lipinski definition) is 3. The van der Waals surface area contributed by atoms with E-state index >= 15 is 0 Å². The Hall–Kier alpha value is -0.870. The molecule has 1 fully saturated rings. The van der Waals surface area contributed by atoms with Gasteiger partial charge in [-0.05, 0) is 52.7 Å². The van der Waals surface area contributed by atoms with Gasteiger partial charge in [0.05, 0.1) is 5.69 Å². The van der Waals surface area contributed by atoms with E-state index in [-0.39, 0.29) is 0 Å². The maximum Gasteiger partial charge on any atom is 0.0644 e. The third-order valence-electron chi connectivity index (χ3n) is 4.42. The summed E-state index contributed by atoms with van der Waals surface area (Å²) in [4.78, 5) is 2.47. The SMILES string of the molecule is Cc1nn(C)c(C)c1C1C(CN)CCCCN1C. The van der Waals surface area contributed by atoms with E-state index in [0.717, 1.165) is 18.8 Å². The molecule has 0 radical (unpaired) electrons. The van der Waals surface area contributed by atoms with Gasteiger partial charge in [-0.3, -0.25) is 9.58 Å². The van der Waals surface area contributed by atoms with E-state index in [1.807, 2.05) is 11.7 Å². The van der Waals surface area contributed by atoms with Crippen LogP contribution >= 0.6 is 0 Å². The summed E-state index contributed by atoms with van der Waals surface area (Å²) in [6, 6.07) is 0.436. The zero-order valence-electron chi connectivity index (χ0n) is 12.1. The van der Waals surface area contributed by atoms with Crippen molar-refractivity contribution in [3.05, 3.63) is 17.0 Å². The minimum absolute atomic E-state index is 0.436. The summed E-state index contributed by atoms with van der Waals surface area (Å²) in [6.07, 6.45) is 3.81.